The molecule has 0 saturated carbocycles. The summed E-state index contributed by atoms with van der Waals surface area (Å²) in [5.74, 6) is 1.21. The fraction of sp³-hybridized carbons (Fsp3) is 0.524. The minimum Gasteiger partial charge on any atom is -0.394 e. The Morgan fingerprint density at radius 1 is 1.17 bits per heavy atom. The van der Waals surface area contributed by atoms with Crippen LogP contribution in [0.5, 0.6) is 0 Å². The quantitative estimate of drug-likeness (QED) is 0.451. The predicted octanol–water partition coefficient (Wildman–Crippen LogP) is 3.34. The molecule has 0 unspecified atom stereocenters. The summed E-state index contributed by atoms with van der Waals surface area (Å²) in [6.45, 7) is 9.01. The molecule has 8 heteroatoms. The minimum atomic E-state index is -0.0804. The number of aromatic nitrogens is 5. The number of aryl methyl sites for hydroxylation is 2. The van der Waals surface area contributed by atoms with E-state index < -0.39 is 0 Å². The van der Waals surface area contributed by atoms with Gasteiger partial charge >= 0.3 is 0 Å². The zero-order valence-corrected chi connectivity index (χ0v) is 17.7. The van der Waals surface area contributed by atoms with Crippen molar-refractivity contribution in [3.8, 4) is 0 Å². The van der Waals surface area contributed by atoms with E-state index in [0.717, 1.165) is 48.4 Å². The van der Waals surface area contributed by atoms with Gasteiger partial charge in [-0.1, -0.05) is 13.0 Å². The molecule has 3 N–H and O–H groups in total. The molecule has 29 heavy (non-hydrogen) atoms. The number of nitrogens with zero attached hydrogens (tertiary/aromatic N) is 5. The van der Waals surface area contributed by atoms with Crippen LogP contribution in [-0.4, -0.2) is 48.8 Å². The van der Waals surface area contributed by atoms with Gasteiger partial charge in [-0.15, -0.1) is 0 Å². The molecular formula is C21H31N7O. The Kier molecular flexibility index (Phi) is 6.98. The first-order valence-corrected chi connectivity index (χ1v) is 10.3. The average molecular weight is 398 g/mol. The number of aliphatic hydroxyl groups excluding tert-OH is 1. The maximum Gasteiger partial charge on any atom is 0.227 e. The summed E-state index contributed by atoms with van der Waals surface area (Å²) >= 11 is 0. The third kappa shape index (κ3) is 5.20. The average Bonchev–Trinajstić information content (AvgIpc) is 3.13. The molecule has 156 valence electrons. The van der Waals surface area contributed by atoms with Gasteiger partial charge in [0.05, 0.1) is 19.0 Å². The van der Waals surface area contributed by atoms with Crippen LogP contribution in [0.1, 0.15) is 51.0 Å². The lowest BCUT2D eigenvalue weighted by molar-refractivity contribution is 0.271. The summed E-state index contributed by atoms with van der Waals surface area (Å²) in [6, 6.07) is 6.27. The normalized spacial score (nSPS) is 12.5. The van der Waals surface area contributed by atoms with E-state index in [-0.39, 0.29) is 18.7 Å². The molecule has 0 bridgehead atoms. The summed E-state index contributed by atoms with van der Waals surface area (Å²) in [5.41, 5.74) is 3.68. The molecule has 0 saturated heterocycles. The molecule has 8 nitrogen and oxygen atoms in total. The van der Waals surface area contributed by atoms with Crippen molar-refractivity contribution in [3.05, 3.63) is 35.9 Å². The number of fused-ring (bicyclic) bond motifs is 1. The molecule has 3 heterocycles. The highest BCUT2D eigenvalue weighted by atomic mass is 16.3. The van der Waals surface area contributed by atoms with E-state index in [4.69, 9.17) is 0 Å². The first-order valence-electron chi connectivity index (χ1n) is 10.3. The first-order chi connectivity index (χ1) is 14.0. The van der Waals surface area contributed by atoms with Crippen LogP contribution in [0.4, 0.5) is 11.8 Å². The second kappa shape index (κ2) is 9.65. The Labute approximate surface area is 171 Å². The molecule has 0 amide bonds. The minimum absolute atomic E-state index is 0.0353. The Balaban J connectivity index is 1.77. The summed E-state index contributed by atoms with van der Waals surface area (Å²) in [6.07, 6.45) is 4.42. The predicted molar refractivity (Wildman–Crippen MR) is 116 cm³/mol. The first kappa shape index (κ1) is 21.0. The van der Waals surface area contributed by atoms with Gasteiger partial charge in [0, 0.05) is 24.0 Å². The van der Waals surface area contributed by atoms with Gasteiger partial charge in [-0.3, -0.25) is 4.98 Å². The van der Waals surface area contributed by atoms with Crippen LogP contribution in [0.25, 0.3) is 11.2 Å². The van der Waals surface area contributed by atoms with Crippen LogP contribution in [-0.2, 0) is 6.42 Å². The fourth-order valence-corrected chi connectivity index (χ4v) is 3.16. The van der Waals surface area contributed by atoms with Crippen molar-refractivity contribution >= 4 is 22.9 Å². The maximum atomic E-state index is 9.52. The molecule has 0 fully saturated rings. The lowest BCUT2D eigenvalue weighted by atomic mass is 10.2. The van der Waals surface area contributed by atoms with E-state index in [1.807, 2.05) is 30.5 Å². The van der Waals surface area contributed by atoms with Crippen molar-refractivity contribution in [2.75, 3.05) is 23.8 Å². The highest BCUT2D eigenvalue weighted by Gasteiger charge is 2.16. The number of pyridine rings is 1. The molecule has 3 rings (SSSR count). The van der Waals surface area contributed by atoms with Crippen molar-refractivity contribution in [2.45, 2.75) is 59.0 Å². The Hall–Kier alpha value is -2.74. The van der Waals surface area contributed by atoms with Crippen molar-refractivity contribution in [1.82, 2.24) is 24.5 Å². The van der Waals surface area contributed by atoms with Crippen LogP contribution in [0.15, 0.2) is 24.5 Å². The third-order valence-corrected chi connectivity index (χ3v) is 4.87. The monoisotopic (exact) mass is 397 g/mol. The number of nitrogens with one attached hydrogen (secondary N) is 2. The third-order valence-electron chi connectivity index (χ3n) is 4.87. The Morgan fingerprint density at radius 2 is 2.00 bits per heavy atom. The number of hydrogen-bond acceptors (Lipinski definition) is 7. The molecule has 0 aliphatic rings. The molecule has 0 aliphatic carbocycles. The van der Waals surface area contributed by atoms with E-state index >= 15 is 0 Å². The van der Waals surface area contributed by atoms with Crippen molar-refractivity contribution in [1.29, 1.82) is 0 Å². The fourth-order valence-electron chi connectivity index (χ4n) is 3.16. The van der Waals surface area contributed by atoms with Gasteiger partial charge in [0.25, 0.3) is 0 Å². The SMILES string of the molecule is CC[C@H](CO)Nc1nc(NCCCc2cccc(C)n2)c2ncn(C(C)C)c2n1. The van der Waals surface area contributed by atoms with Crippen molar-refractivity contribution in [2.24, 2.45) is 0 Å². The van der Waals surface area contributed by atoms with E-state index in [0.29, 0.717) is 11.8 Å². The largest absolute Gasteiger partial charge is 0.394 e. The zero-order valence-electron chi connectivity index (χ0n) is 17.7. The number of imidazole rings is 1. The second-order valence-electron chi connectivity index (χ2n) is 7.55. The van der Waals surface area contributed by atoms with Gasteiger partial charge in [0.15, 0.2) is 17.0 Å². The van der Waals surface area contributed by atoms with Gasteiger partial charge in [-0.05, 0) is 52.2 Å². The van der Waals surface area contributed by atoms with Gasteiger partial charge in [0.1, 0.15) is 0 Å². The number of aliphatic hydroxyl groups is 1. The van der Waals surface area contributed by atoms with Crippen LogP contribution < -0.4 is 10.6 Å². The van der Waals surface area contributed by atoms with Gasteiger partial charge in [-0.2, -0.15) is 9.97 Å². The van der Waals surface area contributed by atoms with E-state index in [1.165, 1.54) is 0 Å². The maximum absolute atomic E-state index is 9.52. The number of hydrogen-bond donors (Lipinski definition) is 3. The summed E-state index contributed by atoms with van der Waals surface area (Å²) in [7, 11) is 0. The van der Waals surface area contributed by atoms with Crippen molar-refractivity contribution in [3.63, 3.8) is 0 Å². The Morgan fingerprint density at radius 3 is 2.69 bits per heavy atom. The zero-order chi connectivity index (χ0) is 20.8. The highest BCUT2D eigenvalue weighted by molar-refractivity contribution is 5.84. The van der Waals surface area contributed by atoms with Crippen LogP contribution >= 0.6 is 0 Å². The van der Waals surface area contributed by atoms with Crippen LogP contribution in [0.2, 0.25) is 0 Å². The van der Waals surface area contributed by atoms with Gasteiger partial charge < -0.3 is 20.3 Å². The number of anilines is 2. The molecule has 3 aromatic rings. The highest BCUT2D eigenvalue weighted by Crippen LogP contribution is 2.23. The molecule has 0 spiro atoms. The lowest BCUT2D eigenvalue weighted by Gasteiger charge is -2.16. The van der Waals surface area contributed by atoms with E-state index in [9.17, 15) is 5.11 Å². The molecule has 0 aromatic carbocycles. The van der Waals surface area contributed by atoms with Gasteiger partial charge in [0.2, 0.25) is 5.95 Å². The lowest BCUT2D eigenvalue weighted by Crippen LogP contribution is -2.24. The van der Waals surface area contributed by atoms with Crippen molar-refractivity contribution < 1.29 is 5.11 Å². The smallest absolute Gasteiger partial charge is 0.227 e. The van der Waals surface area contributed by atoms with Crippen LogP contribution in [0.3, 0.4) is 0 Å². The molecule has 0 aliphatic heterocycles. The molecule has 1 atom stereocenters. The van der Waals surface area contributed by atoms with E-state index in [2.05, 4.69) is 50.5 Å². The summed E-state index contributed by atoms with van der Waals surface area (Å²) in [5, 5.41) is 16.2. The summed E-state index contributed by atoms with van der Waals surface area (Å²) < 4.78 is 2.03. The number of rotatable bonds is 10. The van der Waals surface area contributed by atoms with Crippen LogP contribution in [0, 0.1) is 6.92 Å². The summed E-state index contributed by atoms with van der Waals surface area (Å²) in [4.78, 5) is 18.4. The van der Waals surface area contributed by atoms with Gasteiger partial charge in [-0.25, -0.2) is 4.98 Å². The molecule has 0 radical (unpaired) electrons. The molecule has 3 aromatic heterocycles. The molecular weight excluding hydrogens is 366 g/mol. The second-order valence-corrected chi connectivity index (χ2v) is 7.55. The topological polar surface area (TPSA) is 101 Å². The standard InChI is InChI=1S/C21H31N7O/c1-5-16(12-29)25-21-26-19(18-20(27-21)28(13-23-18)14(2)3)22-11-7-10-17-9-6-8-15(4)24-17/h6,8-9,13-14,16,29H,5,7,10-12H2,1-4H3,(H2,22,25,26,27)/t16-/m1/s1. The van der Waals surface area contributed by atoms with E-state index in [1.54, 1.807) is 6.33 Å². The Bertz CT molecular complexity index is 934.